The molecule has 0 aliphatic carbocycles. The van der Waals surface area contributed by atoms with Crippen LogP contribution in [0, 0.1) is 5.82 Å². The second-order valence-electron chi connectivity index (χ2n) is 3.46. The van der Waals surface area contributed by atoms with Crippen LogP contribution in [0.2, 0.25) is 0 Å². The summed E-state index contributed by atoms with van der Waals surface area (Å²) in [6, 6.07) is 3.77. The SMILES string of the molecule is NC(=O)CCOc1cc(F)cc(/C=C/C(=O)O)c1. The maximum absolute atomic E-state index is 13.2. The van der Waals surface area contributed by atoms with Crippen molar-refractivity contribution in [2.24, 2.45) is 5.73 Å². The largest absolute Gasteiger partial charge is 0.493 e. The third kappa shape index (κ3) is 5.11. The van der Waals surface area contributed by atoms with E-state index in [4.69, 9.17) is 15.6 Å². The quantitative estimate of drug-likeness (QED) is 0.745. The molecule has 0 bridgehead atoms. The molecule has 1 amide bonds. The summed E-state index contributed by atoms with van der Waals surface area (Å²) >= 11 is 0. The van der Waals surface area contributed by atoms with Crippen molar-refractivity contribution in [3.63, 3.8) is 0 Å². The van der Waals surface area contributed by atoms with E-state index in [1.54, 1.807) is 0 Å². The van der Waals surface area contributed by atoms with Crippen molar-refractivity contribution in [3.8, 4) is 5.75 Å². The summed E-state index contributed by atoms with van der Waals surface area (Å²) in [5.74, 6) is -1.99. The number of carbonyl (C=O) groups excluding carboxylic acids is 1. The molecule has 0 heterocycles. The van der Waals surface area contributed by atoms with E-state index in [9.17, 15) is 14.0 Å². The van der Waals surface area contributed by atoms with Crippen LogP contribution >= 0.6 is 0 Å². The lowest BCUT2D eigenvalue weighted by atomic mass is 10.2. The maximum atomic E-state index is 13.2. The highest BCUT2D eigenvalue weighted by atomic mass is 19.1. The summed E-state index contributed by atoms with van der Waals surface area (Å²) in [5, 5.41) is 8.45. The molecule has 96 valence electrons. The number of amides is 1. The van der Waals surface area contributed by atoms with Crippen LogP contribution in [0.15, 0.2) is 24.3 Å². The highest BCUT2D eigenvalue weighted by molar-refractivity contribution is 5.85. The number of hydrogen-bond acceptors (Lipinski definition) is 3. The summed E-state index contributed by atoms with van der Waals surface area (Å²) in [6.45, 7) is 0.0425. The fourth-order valence-electron chi connectivity index (χ4n) is 1.20. The Hall–Kier alpha value is -2.37. The molecule has 1 aromatic rings. The molecule has 0 spiro atoms. The van der Waals surface area contributed by atoms with E-state index < -0.39 is 17.7 Å². The molecule has 0 radical (unpaired) electrons. The molecule has 6 heteroatoms. The number of aliphatic carboxylic acids is 1. The molecular weight excluding hydrogens is 241 g/mol. The van der Waals surface area contributed by atoms with Crippen molar-refractivity contribution in [1.29, 1.82) is 0 Å². The van der Waals surface area contributed by atoms with Crippen LogP contribution in [-0.4, -0.2) is 23.6 Å². The molecule has 1 aromatic carbocycles. The first-order chi connectivity index (χ1) is 8.47. The molecular formula is C12H12FNO4. The Labute approximate surface area is 103 Å². The summed E-state index contributed by atoms with van der Waals surface area (Å²) in [5.41, 5.74) is 5.28. The van der Waals surface area contributed by atoms with Crippen LogP contribution < -0.4 is 10.5 Å². The number of benzene rings is 1. The fourth-order valence-corrected chi connectivity index (χ4v) is 1.20. The van der Waals surface area contributed by atoms with E-state index in [1.807, 2.05) is 0 Å². The van der Waals surface area contributed by atoms with Crippen molar-refractivity contribution < 1.29 is 23.8 Å². The van der Waals surface area contributed by atoms with Gasteiger partial charge < -0.3 is 15.6 Å². The number of primary amides is 1. The average Bonchev–Trinajstić information content (AvgIpc) is 2.25. The van der Waals surface area contributed by atoms with Gasteiger partial charge >= 0.3 is 5.97 Å². The van der Waals surface area contributed by atoms with Gasteiger partial charge in [-0.2, -0.15) is 0 Å². The first-order valence-corrected chi connectivity index (χ1v) is 5.10. The van der Waals surface area contributed by atoms with Gasteiger partial charge in [0, 0.05) is 12.1 Å². The number of carbonyl (C=O) groups is 2. The Bertz CT molecular complexity index is 485. The highest BCUT2D eigenvalue weighted by Crippen LogP contribution is 2.17. The molecule has 3 N–H and O–H groups in total. The van der Waals surface area contributed by atoms with E-state index >= 15 is 0 Å². The summed E-state index contributed by atoms with van der Waals surface area (Å²) in [6.07, 6.45) is 2.16. The second kappa shape index (κ2) is 6.39. The average molecular weight is 253 g/mol. The molecule has 0 atom stereocenters. The normalized spacial score (nSPS) is 10.5. The minimum Gasteiger partial charge on any atom is -0.493 e. The van der Waals surface area contributed by atoms with Gasteiger partial charge in [-0.25, -0.2) is 9.18 Å². The molecule has 0 fully saturated rings. The molecule has 0 aliphatic heterocycles. The predicted molar refractivity (Wildman–Crippen MR) is 62.4 cm³/mol. The Balaban J connectivity index is 2.74. The van der Waals surface area contributed by atoms with Crippen LogP contribution in [0.3, 0.4) is 0 Å². The number of carboxylic acids is 1. The lowest BCUT2D eigenvalue weighted by Gasteiger charge is -2.06. The molecule has 5 nitrogen and oxygen atoms in total. The minimum atomic E-state index is -1.13. The standard InChI is InChI=1S/C12H12FNO4/c13-9-5-8(1-2-12(16)17)6-10(7-9)18-4-3-11(14)15/h1-2,5-7H,3-4H2,(H2,14,15)(H,16,17)/b2-1+. The monoisotopic (exact) mass is 253 g/mol. The smallest absolute Gasteiger partial charge is 0.328 e. The molecule has 0 aromatic heterocycles. The van der Waals surface area contributed by atoms with Crippen molar-refractivity contribution >= 4 is 18.0 Å². The van der Waals surface area contributed by atoms with Gasteiger partial charge in [-0.05, 0) is 23.8 Å². The van der Waals surface area contributed by atoms with Crippen LogP contribution in [0.1, 0.15) is 12.0 Å². The number of nitrogens with two attached hydrogens (primary N) is 1. The molecule has 18 heavy (non-hydrogen) atoms. The number of halogens is 1. The molecule has 0 unspecified atom stereocenters. The zero-order valence-corrected chi connectivity index (χ0v) is 9.43. The Kier molecular flexibility index (Phi) is 4.86. The van der Waals surface area contributed by atoms with Crippen LogP contribution in [0.4, 0.5) is 4.39 Å². The topological polar surface area (TPSA) is 89.6 Å². The predicted octanol–water partition coefficient (Wildman–Crippen LogP) is 1.18. The van der Waals surface area contributed by atoms with Gasteiger partial charge in [0.15, 0.2) is 0 Å². The van der Waals surface area contributed by atoms with Gasteiger partial charge in [0.2, 0.25) is 5.91 Å². The zero-order chi connectivity index (χ0) is 13.5. The van der Waals surface area contributed by atoms with E-state index in [0.717, 1.165) is 12.1 Å². The Morgan fingerprint density at radius 1 is 1.39 bits per heavy atom. The van der Waals surface area contributed by atoms with Gasteiger partial charge in [-0.15, -0.1) is 0 Å². The third-order valence-electron chi connectivity index (χ3n) is 1.93. The zero-order valence-electron chi connectivity index (χ0n) is 9.43. The van der Waals surface area contributed by atoms with Crippen LogP contribution in [0.25, 0.3) is 6.08 Å². The third-order valence-corrected chi connectivity index (χ3v) is 1.93. The van der Waals surface area contributed by atoms with Gasteiger partial charge in [0.25, 0.3) is 0 Å². The summed E-state index contributed by atoms with van der Waals surface area (Å²) in [7, 11) is 0. The molecule has 0 aliphatic rings. The first-order valence-electron chi connectivity index (χ1n) is 5.10. The second-order valence-corrected chi connectivity index (χ2v) is 3.46. The van der Waals surface area contributed by atoms with E-state index in [1.165, 1.54) is 18.2 Å². The Morgan fingerprint density at radius 2 is 2.11 bits per heavy atom. The van der Waals surface area contributed by atoms with Gasteiger partial charge in [-0.1, -0.05) is 0 Å². The van der Waals surface area contributed by atoms with Crippen LogP contribution in [-0.2, 0) is 9.59 Å². The fraction of sp³-hybridized carbons (Fsp3) is 0.167. The lowest BCUT2D eigenvalue weighted by molar-refractivity contribution is -0.131. The molecule has 0 saturated heterocycles. The highest BCUT2D eigenvalue weighted by Gasteiger charge is 2.02. The van der Waals surface area contributed by atoms with E-state index in [2.05, 4.69) is 0 Å². The summed E-state index contributed by atoms with van der Waals surface area (Å²) in [4.78, 5) is 20.8. The first kappa shape index (κ1) is 13.7. The number of ether oxygens (including phenoxy) is 1. The molecule has 0 saturated carbocycles. The number of carboxylic acid groups (broad SMARTS) is 1. The van der Waals surface area contributed by atoms with Crippen LogP contribution in [0.5, 0.6) is 5.75 Å². The van der Waals surface area contributed by atoms with Crippen molar-refractivity contribution in [2.75, 3.05) is 6.61 Å². The van der Waals surface area contributed by atoms with Gasteiger partial charge in [0.1, 0.15) is 11.6 Å². The number of rotatable bonds is 6. The lowest BCUT2D eigenvalue weighted by Crippen LogP contribution is -2.14. The minimum absolute atomic E-state index is 0.0246. The maximum Gasteiger partial charge on any atom is 0.328 e. The Morgan fingerprint density at radius 3 is 2.72 bits per heavy atom. The number of hydrogen-bond donors (Lipinski definition) is 2. The van der Waals surface area contributed by atoms with E-state index in [0.29, 0.717) is 5.56 Å². The summed E-state index contributed by atoms with van der Waals surface area (Å²) < 4.78 is 18.3. The van der Waals surface area contributed by atoms with Gasteiger partial charge in [-0.3, -0.25) is 4.79 Å². The van der Waals surface area contributed by atoms with Crippen molar-refractivity contribution in [3.05, 3.63) is 35.7 Å². The van der Waals surface area contributed by atoms with Crippen molar-refractivity contribution in [2.45, 2.75) is 6.42 Å². The van der Waals surface area contributed by atoms with Gasteiger partial charge in [0.05, 0.1) is 13.0 Å². The van der Waals surface area contributed by atoms with E-state index in [-0.39, 0.29) is 18.8 Å². The molecule has 1 rings (SSSR count). The van der Waals surface area contributed by atoms with Crippen molar-refractivity contribution in [1.82, 2.24) is 0 Å².